The minimum atomic E-state index is -1.08. The number of carbonyl (C=O) groups is 1. The van der Waals surface area contributed by atoms with Crippen LogP contribution in [0, 0.1) is 0 Å². The van der Waals surface area contributed by atoms with Gasteiger partial charge in [-0.2, -0.15) is 4.98 Å². The van der Waals surface area contributed by atoms with E-state index in [9.17, 15) is 9.18 Å². The van der Waals surface area contributed by atoms with Crippen molar-refractivity contribution in [2.24, 2.45) is 5.73 Å². The van der Waals surface area contributed by atoms with Crippen molar-refractivity contribution in [3.8, 4) is 5.88 Å². The van der Waals surface area contributed by atoms with Crippen molar-refractivity contribution in [2.75, 3.05) is 11.4 Å². The number of nitrogens with two attached hydrogens (primary N) is 1. The summed E-state index contributed by atoms with van der Waals surface area (Å²) in [5.74, 6) is 0.327. The van der Waals surface area contributed by atoms with Crippen LogP contribution in [0.2, 0.25) is 0 Å². The number of anilines is 1. The summed E-state index contributed by atoms with van der Waals surface area (Å²) in [6.07, 6.45) is 7.87. The number of rotatable bonds is 4. The zero-order valence-corrected chi connectivity index (χ0v) is 12.4. The van der Waals surface area contributed by atoms with Gasteiger partial charge >= 0.3 is 0 Å². The molecule has 1 aliphatic carbocycles. The molecule has 0 aromatic carbocycles. The van der Waals surface area contributed by atoms with E-state index in [2.05, 4.69) is 9.97 Å². The molecule has 2 fully saturated rings. The van der Waals surface area contributed by atoms with Crippen molar-refractivity contribution in [2.45, 2.75) is 56.8 Å². The Labute approximate surface area is 128 Å². The fourth-order valence-electron chi connectivity index (χ4n) is 3.19. The highest BCUT2D eigenvalue weighted by Crippen LogP contribution is 2.27. The zero-order valence-electron chi connectivity index (χ0n) is 12.4. The lowest BCUT2D eigenvalue weighted by atomic mass is 9.98. The molecule has 2 atom stereocenters. The molecular formula is C15H21FN4O2. The maximum Gasteiger partial charge on any atom is 0.240 e. The van der Waals surface area contributed by atoms with Gasteiger partial charge < -0.3 is 15.4 Å². The molecule has 6 nitrogen and oxygen atoms in total. The monoisotopic (exact) mass is 308 g/mol. The van der Waals surface area contributed by atoms with Gasteiger partial charge in [0.15, 0.2) is 5.82 Å². The van der Waals surface area contributed by atoms with Crippen LogP contribution in [0.4, 0.5) is 10.2 Å². The number of hydrogen-bond donors (Lipinski definition) is 1. The van der Waals surface area contributed by atoms with Crippen molar-refractivity contribution >= 4 is 11.7 Å². The van der Waals surface area contributed by atoms with E-state index in [0.29, 0.717) is 11.7 Å². The lowest BCUT2D eigenvalue weighted by Gasteiger charge is -2.25. The van der Waals surface area contributed by atoms with E-state index >= 15 is 0 Å². The Bertz CT molecular complexity index is 536. The number of aromatic nitrogens is 2. The van der Waals surface area contributed by atoms with E-state index in [4.69, 9.17) is 10.5 Å². The van der Waals surface area contributed by atoms with Gasteiger partial charge in [0.25, 0.3) is 0 Å². The van der Waals surface area contributed by atoms with E-state index in [1.165, 1.54) is 12.6 Å². The van der Waals surface area contributed by atoms with Gasteiger partial charge in [0.1, 0.15) is 18.3 Å². The molecule has 1 saturated heterocycles. The molecule has 7 heteroatoms. The Morgan fingerprint density at radius 2 is 2.09 bits per heavy atom. The van der Waals surface area contributed by atoms with Crippen LogP contribution in [0.5, 0.6) is 5.88 Å². The molecule has 0 unspecified atom stereocenters. The number of halogens is 1. The molecule has 0 spiro atoms. The molecule has 0 bridgehead atoms. The van der Waals surface area contributed by atoms with Gasteiger partial charge in [-0.25, -0.2) is 4.39 Å². The van der Waals surface area contributed by atoms with Crippen molar-refractivity contribution in [1.82, 2.24) is 9.97 Å². The van der Waals surface area contributed by atoms with Crippen LogP contribution in [0.15, 0.2) is 12.4 Å². The molecule has 1 aromatic heterocycles. The van der Waals surface area contributed by atoms with E-state index in [-0.39, 0.29) is 19.1 Å². The molecule has 3 rings (SSSR count). The Kier molecular flexibility index (Phi) is 4.40. The number of ether oxygens (including phenoxy) is 1. The van der Waals surface area contributed by atoms with Gasteiger partial charge in [-0.05, 0) is 25.7 Å². The van der Waals surface area contributed by atoms with Gasteiger partial charge in [-0.3, -0.25) is 9.78 Å². The first-order valence-corrected chi connectivity index (χ1v) is 7.82. The van der Waals surface area contributed by atoms with Gasteiger partial charge in [0.05, 0.1) is 18.9 Å². The van der Waals surface area contributed by atoms with Crippen molar-refractivity contribution < 1.29 is 13.9 Å². The smallest absolute Gasteiger partial charge is 0.240 e. The molecular weight excluding hydrogens is 287 g/mol. The molecule has 0 radical (unpaired) electrons. The Hall–Kier alpha value is -1.92. The summed E-state index contributed by atoms with van der Waals surface area (Å²) in [6.45, 7) is 0.106. The Balaban J connectivity index is 1.74. The third kappa shape index (κ3) is 3.28. The quantitative estimate of drug-likeness (QED) is 0.913. The minimum Gasteiger partial charge on any atom is -0.473 e. The lowest BCUT2D eigenvalue weighted by Crippen LogP contribution is -2.40. The molecule has 1 aromatic rings. The van der Waals surface area contributed by atoms with Gasteiger partial charge in [0.2, 0.25) is 11.8 Å². The van der Waals surface area contributed by atoms with Gasteiger partial charge in [-0.1, -0.05) is 6.42 Å². The normalized spacial score (nSPS) is 26.1. The molecule has 2 aliphatic rings. The minimum absolute atomic E-state index is 0.102. The van der Waals surface area contributed by atoms with Crippen LogP contribution in [-0.4, -0.2) is 40.7 Å². The average Bonchev–Trinajstić information content (AvgIpc) is 2.91. The van der Waals surface area contributed by atoms with Crippen LogP contribution in [-0.2, 0) is 4.79 Å². The summed E-state index contributed by atoms with van der Waals surface area (Å²) in [4.78, 5) is 21.5. The molecule has 2 heterocycles. The number of amides is 1. The van der Waals surface area contributed by atoms with Gasteiger partial charge in [-0.15, -0.1) is 0 Å². The topological polar surface area (TPSA) is 81.3 Å². The highest BCUT2D eigenvalue weighted by molar-refractivity contribution is 5.84. The standard InChI is InChI=1S/C15H21FN4O2/c16-10-6-12(15(17)21)20(9-10)13-7-18-8-14(19-13)22-11-4-2-1-3-5-11/h7-8,10-12H,1-6,9H2,(H2,17,21)/t10-,12+/m1/s1. The van der Waals surface area contributed by atoms with Gasteiger partial charge in [0, 0.05) is 6.42 Å². The number of hydrogen-bond acceptors (Lipinski definition) is 5. The molecule has 22 heavy (non-hydrogen) atoms. The first-order chi connectivity index (χ1) is 10.6. The Morgan fingerprint density at radius 1 is 1.32 bits per heavy atom. The van der Waals surface area contributed by atoms with Crippen LogP contribution >= 0.6 is 0 Å². The Morgan fingerprint density at radius 3 is 2.82 bits per heavy atom. The van der Waals surface area contributed by atoms with E-state index in [1.54, 1.807) is 11.1 Å². The number of nitrogens with zero attached hydrogens (tertiary/aromatic N) is 3. The lowest BCUT2D eigenvalue weighted by molar-refractivity contribution is -0.119. The fourth-order valence-corrected chi connectivity index (χ4v) is 3.19. The number of alkyl halides is 1. The fraction of sp³-hybridized carbons (Fsp3) is 0.667. The van der Waals surface area contributed by atoms with E-state index in [1.807, 2.05) is 0 Å². The molecule has 120 valence electrons. The third-order valence-corrected chi connectivity index (χ3v) is 4.31. The second-order valence-corrected chi connectivity index (χ2v) is 6.00. The highest BCUT2D eigenvalue weighted by Gasteiger charge is 2.37. The first kappa shape index (κ1) is 15.0. The molecule has 1 amide bonds. The second kappa shape index (κ2) is 6.46. The van der Waals surface area contributed by atoms with Crippen LogP contribution < -0.4 is 15.4 Å². The van der Waals surface area contributed by atoms with Crippen molar-refractivity contribution in [3.05, 3.63) is 12.4 Å². The average molecular weight is 308 g/mol. The maximum absolute atomic E-state index is 13.6. The summed E-state index contributed by atoms with van der Waals surface area (Å²) in [5.41, 5.74) is 5.35. The summed E-state index contributed by atoms with van der Waals surface area (Å²) in [5, 5.41) is 0. The maximum atomic E-state index is 13.6. The molecule has 1 saturated carbocycles. The summed E-state index contributed by atoms with van der Waals surface area (Å²) < 4.78 is 19.5. The largest absolute Gasteiger partial charge is 0.473 e. The summed E-state index contributed by atoms with van der Waals surface area (Å²) in [7, 11) is 0. The zero-order chi connectivity index (χ0) is 15.5. The van der Waals surface area contributed by atoms with Crippen LogP contribution in [0.3, 0.4) is 0 Å². The highest BCUT2D eigenvalue weighted by atomic mass is 19.1. The molecule has 2 N–H and O–H groups in total. The molecule has 1 aliphatic heterocycles. The van der Waals surface area contributed by atoms with Crippen molar-refractivity contribution in [1.29, 1.82) is 0 Å². The first-order valence-electron chi connectivity index (χ1n) is 7.82. The van der Waals surface area contributed by atoms with E-state index in [0.717, 1.165) is 25.7 Å². The SMILES string of the molecule is NC(=O)[C@@H]1C[C@@H](F)CN1c1cncc(OC2CCCCC2)n1. The predicted molar refractivity (Wildman–Crippen MR) is 79.4 cm³/mol. The predicted octanol–water partition coefficient (Wildman–Crippen LogP) is 1.59. The van der Waals surface area contributed by atoms with E-state index < -0.39 is 18.1 Å². The van der Waals surface area contributed by atoms with Crippen LogP contribution in [0.25, 0.3) is 0 Å². The summed E-state index contributed by atoms with van der Waals surface area (Å²) >= 11 is 0. The number of primary amides is 1. The number of carbonyl (C=O) groups excluding carboxylic acids is 1. The van der Waals surface area contributed by atoms with Crippen molar-refractivity contribution in [3.63, 3.8) is 0 Å². The third-order valence-electron chi connectivity index (χ3n) is 4.31. The second-order valence-electron chi connectivity index (χ2n) is 6.00. The summed E-state index contributed by atoms with van der Waals surface area (Å²) in [6, 6.07) is -0.672. The van der Waals surface area contributed by atoms with Crippen LogP contribution in [0.1, 0.15) is 38.5 Å².